The molecule has 0 saturated carbocycles. The highest BCUT2D eigenvalue weighted by molar-refractivity contribution is 9.10. The van der Waals surface area contributed by atoms with E-state index >= 15 is 0 Å². The van der Waals surface area contributed by atoms with Gasteiger partial charge in [-0.1, -0.05) is 11.6 Å². The lowest BCUT2D eigenvalue weighted by molar-refractivity contribution is -0.117. The molecule has 21 heavy (non-hydrogen) atoms. The summed E-state index contributed by atoms with van der Waals surface area (Å²) in [6.07, 6.45) is -0.144. The summed E-state index contributed by atoms with van der Waals surface area (Å²) < 4.78 is 29.0. The number of nitrogens with two attached hydrogens (primary N) is 1. The van der Waals surface area contributed by atoms with Crippen molar-refractivity contribution >= 4 is 49.1 Å². The molecule has 6 nitrogen and oxygen atoms in total. The highest BCUT2D eigenvalue weighted by atomic mass is 79.9. The Balaban J connectivity index is 2.44. The number of halogens is 2. The van der Waals surface area contributed by atoms with Crippen molar-refractivity contribution in [1.82, 2.24) is 0 Å². The zero-order chi connectivity index (χ0) is 15.8. The van der Waals surface area contributed by atoms with Crippen molar-refractivity contribution in [2.75, 3.05) is 18.1 Å². The molecule has 1 saturated heterocycles. The molecular weight excluding hydrogens is 384 g/mol. The van der Waals surface area contributed by atoms with Crippen LogP contribution in [-0.4, -0.2) is 32.7 Å². The monoisotopic (exact) mass is 396 g/mol. The second-order valence-corrected chi connectivity index (χ2v) is 7.72. The van der Waals surface area contributed by atoms with E-state index in [1.807, 2.05) is 6.92 Å². The Kier molecular flexibility index (Phi) is 4.82. The van der Waals surface area contributed by atoms with Gasteiger partial charge in [0.15, 0.2) is 5.75 Å². The quantitative estimate of drug-likeness (QED) is 0.840. The summed E-state index contributed by atoms with van der Waals surface area (Å²) in [5, 5.41) is 4.62. The van der Waals surface area contributed by atoms with E-state index in [1.165, 1.54) is 4.90 Å². The fourth-order valence-electron chi connectivity index (χ4n) is 2.16. The van der Waals surface area contributed by atoms with Gasteiger partial charge in [-0.05, 0) is 35.0 Å². The number of hydrogen-bond acceptors (Lipinski definition) is 4. The van der Waals surface area contributed by atoms with Crippen LogP contribution in [0.1, 0.15) is 13.3 Å². The van der Waals surface area contributed by atoms with Crippen molar-refractivity contribution in [3.8, 4) is 5.75 Å². The number of benzene rings is 1. The maximum Gasteiger partial charge on any atom is 0.228 e. The molecule has 1 amide bonds. The number of primary sulfonamides is 1. The normalized spacial score (nSPS) is 19.1. The largest absolute Gasteiger partial charge is 0.490 e. The Hall–Kier alpha value is -0.830. The van der Waals surface area contributed by atoms with E-state index in [2.05, 4.69) is 15.9 Å². The number of ether oxygens (including phenoxy) is 1. The molecule has 0 bridgehead atoms. The number of amides is 1. The summed E-state index contributed by atoms with van der Waals surface area (Å²) in [5.74, 6) is 0.120. The highest BCUT2D eigenvalue weighted by Gasteiger charge is 2.38. The second kappa shape index (κ2) is 6.12. The van der Waals surface area contributed by atoms with Crippen molar-refractivity contribution in [1.29, 1.82) is 0 Å². The number of sulfonamides is 1. The number of anilines is 1. The topological polar surface area (TPSA) is 89.7 Å². The van der Waals surface area contributed by atoms with Gasteiger partial charge in [-0.2, -0.15) is 0 Å². The third-order valence-corrected chi connectivity index (χ3v) is 5.17. The summed E-state index contributed by atoms with van der Waals surface area (Å²) in [6.45, 7) is 2.20. The predicted octanol–water partition coefficient (Wildman–Crippen LogP) is 1.89. The average molecular weight is 398 g/mol. The minimum Gasteiger partial charge on any atom is -0.490 e. The van der Waals surface area contributed by atoms with Crippen LogP contribution in [0, 0.1) is 0 Å². The van der Waals surface area contributed by atoms with Crippen LogP contribution in [0.15, 0.2) is 16.6 Å². The van der Waals surface area contributed by atoms with Gasteiger partial charge in [0, 0.05) is 18.0 Å². The molecule has 1 aromatic rings. The molecule has 0 spiro atoms. The first kappa shape index (κ1) is 16.5. The zero-order valence-electron chi connectivity index (χ0n) is 11.2. The zero-order valence-corrected chi connectivity index (χ0v) is 14.3. The smallest absolute Gasteiger partial charge is 0.228 e. The Labute approximate surface area is 136 Å². The van der Waals surface area contributed by atoms with Gasteiger partial charge < -0.3 is 9.64 Å². The van der Waals surface area contributed by atoms with Crippen LogP contribution >= 0.6 is 27.5 Å². The molecule has 1 aliphatic rings. The maximum atomic E-state index is 12.1. The Morgan fingerprint density at radius 3 is 2.71 bits per heavy atom. The van der Waals surface area contributed by atoms with Gasteiger partial charge in [-0.15, -0.1) is 0 Å². The molecule has 0 radical (unpaired) electrons. The molecule has 1 aromatic carbocycles. The third kappa shape index (κ3) is 3.50. The van der Waals surface area contributed by atoms with E-state index in [9.17, 15) is 13.2 Å². The molecule has 116 valence electrons. The first-order chi connectivity index (χ1) is 9.74. The van der Waals surface area contributed by atoms with E-state index in [0.717, 1.165) is 0 Å². The van der Waals surface area contributed by atoms with Gasteiger partial charge in [0.05, 0.1) is 16.8 Å². The van der Waals surface area contributed by atoms with Crippen LogP contribution in [0.3, 0.4) is 0 Å². The van der Waals surface area contributed by atoms with Gasteiger partial charge in [0.2, 0.25) is 15.9 Å². The third-order valence-electron chi connectivity index (χ3n) is 3.12. The number of hydrogen-bond donors (Lipinski definition) is 1. The highest BCUT2D eigenvalue weighted by Crippen LogP contribution is 2.40. The van der Waals surface area contributed by atoms with E-state index < -0.39 is 15.3 Å². The summed E-state index contributed by atoms with van der Waals surface area (Å²) in [5.41, 5.74) is 0.437. The minimum absolute atomic E-state index is 0.00940. The molecule has 2 rings (SSSR count). The Morgan fingerprint density at radius 2 is 2.19 bits per heavy atom. The van der Waals surface area contributed by atoms with Crippen LogP contribution in [0.2, 0.25) is 5.02 Å². The SMILES string of the molecule is CCOc1c(Br)cc(Cl)cc1N1CC(S(N)(=O)=O)CC1=O. The van der Waals surface area contributed by atoms with Crippen molar-refractivity contribution in [2.45, 2.75) is 18.6 Å². The summed E-state index contributed by atoms with van der Waals surface area (Å²) in [4.78, 5) is 13.4. The maximum absolute atomic E-state index is 12.1. The first-order valence-corrected chi connectivity index (χ1v) is 8.96. The molecule has 1 atom stereocenters. The van der Waals surface area contributed by atoms with Gasteiger partial charge in [-0.25, -0.2) is 13.6 Å². The van der Waals surface area contributed by atoms with Crippen LogP contribution in [0.25, 0.3) is 0 Å². The van der Waals surface area contributed by atoms with E-state index in [4.69, 9.17) is 21.5 Å². The minimum atomic E-state index is -3.77. The van der Waals surface area contributed by atoms with Gasteiger partial charge >= 0.3 is 0 Å². The molecule has 1 fully saturated rings. The Bertz CT molecular complexity index is 680. The number of carbonyl (C=O) groups excluding carboxylic acids is 1. The number of carbonyl (C=O) groups is 1. The van der Waals surface area contributed by atoms with Crippen LogP contribution in [0.5, 0.6) is 5.75 Å². The lowest BCUT2D eigenvalue weighted by Gasteiger charge is -2.21. The second-order valence-electron chi connectivity index (χ2n) is 4.59. The summed E-state index contributed by atoms with van der Waals surface area (Å²) in [7, 11) is -3.77. The molecule has 9 heteroatoms. The molecule has 1 unspecified atom stereocenters. The first-order valence-electron chi connectivity index (χ1n) is 6.17. The van der Waals surface area contributed by atoms with Gasteiger partial charge in [0.1, 0.15) is 5.25 Å². The predicted molar refractivity (Wildman–Crippen MR) is 84.2 cm³/mol. The van der Waals surface area contributed by atoms with Crippen LogP contribution < -0.4 is 14.8 Å². The lowest BCUT2D eigenvalue weighted by Crippen LogP contribution is -2.32. The molecule has 0 aromatic heterocycles. The van der Waals surface area contributed by atoms with Gasteiger partial charge in [-0.3, -0.25) is 4.79 Å². The summed E-state index contributed by atoms with van der Waals surface area (Å²) >= 11 is 9.34. The fourth-order valence-corrected chi connectivity index (χ4v) is 3.80. The molecule has 1 heterocycles. The van der Waals surface area contributed by atoms with E-state index in [0.29, 0.717) is 27.5 Å². The van der Waals surface area contributed by atoms with Crippen molar-refractivity contribution in [3.05, 3.63) is 21.6 Å². The average Bonchev–Trinajstić information content (AvgIpc) is 2.74. The van der Waals surface area contributed by atoms with Crippen molar-refractivity contribution < 1.29 is 17.9 Å². The number of rotatable bonds is 4. The van der Waals surface area contributed by atoms with Crippen LogP contribution in [-0.2, 0) is 14.8 Å². The molecule has 2 N–H and O–H groups in total. The fraction of sp³-hybridized carbons (Fsp3) is 0.417. The van der Waals surface area contributed by atoms with Gasteiger partial charge in [0.25, 0.3) is 0 Å². The molecule has 1 aliphatic heterocycles. The van der Waals surface area contributed by atoms with E-state index in [-0.39, 0.29) is 18.9 Å². The van der Waals surface area contributed by atoms with Crippen molar-refractivity contribution in [3.63, 3.8) is 0 Å². The standard InChI is InChI=1S/C12H14BrClN2O4S/c1-2-20-12-9(13)3-7(14)4-10(12)16-6-8(5-11(16)17)21(15,18)19/h3-4,8H,2,5-6H2,1H3,(H2,15,18,19). The Morgan fingerprint density at radius 1 is 1.52 bits per heavy atom. The lowest BCUT2D eigenvalue weighted by atomic mass is 10.2. The number of nitrogens with zero attached hydrogens (tertiary/aromatic N) is 1. The van der Waals surface area contributed by atoms with Crippen LogP contribution in [0.4, 0.5) is 5.69 Å². The molecular formula is C12H14BrClN2O4S. The van der Waals surface area contributed by atoms with Crippen molar-refractivity contribution in [2.24, 2.45) is 5.14 Å². The summed E-state index contributed by atoms with van der Waals surface area (Å²) in [6, 6.07) is 3.22. The van der Waals surface area contributed by atoms with E-state index in [1.54, 1.807) is 12.1 Å². The molecule has 0 aliphatic carbocycles.